The number of ketones is 1. The van der Waals surface area contributed by atoms with E-state index >= 15 is 0 Å². The van der Waals surface area contributed by atoms with Gasteiger partial charge in [0.15, 0.2) is 0 Å². The zero-order valence-electron chi connectivity index (χ0n) is 8.75. The minimum Gasteiger partial charge on any atom is -0.330 e. The van der Waals surface area contributed by atoms with Gasteiger partial charge in [-0.25, -0.2) is 0 Å². The molecule has 76 valence electrons. The van der Waals surface area contributed by atoms with Crippen molar-refractivity contribution in [2.45, 2.75) is 39.5 Å². The van der Waals surface area contributed by atoms with Crippen LogP contribution in [0.4, 0.5) is 0 Å². The third kappa shape index (κ3) is 2.53. The van der Waals surface area contributed by atoms with Crippen molar-refractivity contribution in [1.29, 1.82) is 0 Å². The zero-order chi connectivity index (χ0) is 9.84. The number of carbonyl (C=O) groups excluding carboxylic acids is 1. The first-order valence-electron chi connectivity index (χ1n) is 5.40. The van der Waals surface area contributed by atoms with E-state index in [0.29, 0.717) is 18.2 Å². The van der Waals surface area contributed by atoms with Gasteiger partial charge in [0.25, 0.3) is 0 Å². The Morgan fingerprint density at radius 2 is 2.00 bits per heavy atom. The SMILES string of the molecule is CC(C)C(=O)C1CCCCC1CN. The molecule has 0 aliphatic heterocycles. The van der Waals surface area contributed by atoms with Crippen LogP contribution >= 0.6 is 0 Å². The summed E-state index contributed by atoms with van der Waals surface area (Å²) in [6.07, 6.45) is 4.68. The smallest absolute Gasteiger partial charge is 0.138 e. The molecule has 2 unspecified atom stereocenters. The monoisotopic (exact) mass is 183 g/mol. The molecule has 1 saturated carbocycles. The highest BCUT2D eigenvalue weighted by Gasteiger charge is 2.30. The van der Waals surface area contributed by atoms with Crippen LogP contribution in [0.5, 0.6) is 0 Å². The van der Waals surface area contributed by atoms with E-state index in [9.17, 15) is 4.79 Å². The number of nitrogens with two attached hydrogens (primary N) is 1. The predicted molar refractivity (Wildman–Crippen MR) is 54.3 cm³/mol. The molecule has 0 radical (unpaired) electrons. The van der Waals surface area contributed by atoms with Gasteiger partial charge >= 0.3 is 0 Å². The molecule has 1 aliphatic rings. The van der Waals surface area contributed by atoms with Crippen LogP contribution in [-0.2, 0) is 4.79 Å². The second-order valence-corrected chi connectivity index (χ2v) is 4.44. The van der Waals surface area contributed by atoms with Crippen LogP contribution in [-0.4, -0.2) is 12.3 Å². The molecule has 2 N–H and O–H groups in total. The molecule has 0 aromatic heterocycles. The molecule has 1 fully saturated rings. The Morgan fingerprint density at radius 1 is 1.38 bits per heavy atom. The maximum atomic E-state index is 11.8. The summed E-state index contributed by atoms with van der Waals surface area (Å²) in [6.45, 7) is 4.66. The van der Waals surface area contributed by atoms with E-state index in [-0.39, 0.29) is 11.8 Å². The molecule has 13 heavy (non-hydrogen) atoms. The van der Waals surface area contributed by atoms with E-state index < -0.39 is 0 Å². The van der Waals surface area contributed by atoms with E-state index in [2.05, 4.69) is 0 Å². The van der Waals surface area contributed by atoms with Crippen LogP contribution in [0, 0.1) is 17.8 Å². The third-order valence-electron chi connectivity index (χ3n) is 3.15. The molecular weight excluding hydrogens is 162 g/mol. The maximum absolute atomic E-state index is 11.8. The van der Waals surface area contributed by atoms with Gasteiger partial charge in [-0.1, -0.05) is 26.7 Å². The van der Waals surface area contributed by atoms with Gasteiger partial charge in [-0.2, -0.15) is 0 Å². The Bertz CT molecular complexity index is 177. The molecule has 0 bridgehead atoms. The Labute approximate surface area is 80.9 Å². The number of hydrogen-bond acceptors (Lipinski definition) is 2. The fourth-order valence-electron chi connectivity index (χ4n) is 2.29. The third-order valence-corrected chi connectivity index (χ3v) is 3.15. The Kier molecular flexibility index (Phi) is 3.91. The van der Waals surface area contributed by atoms with E-state index in [1.807, 2.05) is 13.8 Å². The highest BCUT2D eigenvalue weighted by Crippen LogP contribution is 2.31. The van der Waals surface area contributed by atoms with Crippen molar-refractivity contribution in [1.82, 2.24) is 0 Å². The van der Waals surface area contributed by atoms with Crippen LogP contribution in [0.1, 0.15) is 39.5 Å². The number of Topliss-reactive ketones (excluding diaryl/α,β-unsaturated/α-hetero) is 1. The van der Waals surface area contributed by atoms with Gasteiger partial charge in [0.1, 0.15) is 5.78 Å². The van der Waals surface area contributed by atoms with Crippen molar-refractivity contribution in [3.05, 3.63) is 0 Å². The molecule has 2 atom stereocenters. The van der Waals surface area contributed by atoms with Crippen molar-refractivity contribution in [3.8, 4) is 0 Å². The summed E-state index contributed by atoms with van der Waals surface area (Å²) in [7, 11) is 0. The Hall–Kier alpha value is -0.370. The predicted octanol–water partition coefficient (Wildman–Crippen LogP) is 1.98. The molecule has 2 nitrogen and oxygen atoms in total. The molecule has 0 amide bonds. The molecule has 0 spiro atoms. The van der Waals surface area contributed by atoms with Crippen LogP contribution in [0.3, 0.4) is 0 Å². The summed E-state index contributed by atoms with van der Waals surface area (Å²) in [4.78, 5) is 11.8. The Morgan fingerprint density at radius 3 is 2.54 bits per heavy atom. The molecule has 0 aromatic carbocycles. The maximum Gasteiger partial charge on any atom is 0.138 e. The van der Waals surface area contributed by atoms with Gasteiger partial charge in [-0.3, -0.25) is 4.79 Å². The van der Waals surface area contributed by atoms with Crippen molar-refractivity contribution >= 4 is 5.78 Å². The highest BCUT2D eigenvalue weighted by molar-refractivity contribution is 5.83. The van der Waals surface area contributed by atoms with Crippen LogP contribution in [0.25, 0.3) is 0 Å². The lowest BCUT2D eigenvalue weighted by Crippen LogP contribution is -2.34. The summed E-state index contributed by atoms with van der Waals surface area (Å²) in [5.41, 5.74) is 5.68. The number of rotatable bonds is 3. The van der Waals surface area contributed by atoms with Crippen molar-refractivity contribution in [3.63, 3.8) is 0 Å². The summed E-state index contributed by atoms with van der Waals surface area (Å²) >= 11 is 0. The molecule has 1 aliphatic carbocycles. The highest BCUT2D eigenvalue weighted by atomic mass is 16.1. The van der Waals surface area contributed by atoms with E-state index in [4.69, 9.17) is 5.73 Å². The van der Waals surface area contributed by atoms with Crippen LogP contribution in [0.2, 0.25) is 0 Å². The zero-order valence-corrected chi connectivity index (χ0v) is 8.75. The normalized spacial score (nSPS) is 29.2. The van der Waals surface area contributed by atoms with Crippen molar-refractivity contribution < 1.29 is 4.79 Å². The lowest BCUT2D eigenvalue weighted by Gasteiger charge is -2.30. The topological polar surface area (TPSA) is 43.1 Å². The first-order valence-corrected chi connectivity index (χ1v) is 5.40. The van der Waals surface area contributed by atoms with Gasteiger partial charge in [-0.15, -0.1) is 0 Å². The van der Waals surface area contributed by atoms with E-state index in [1.54, 1.807) is 0 Å². The molecule has 1 rings (SSSR count). The van der Waals surface area contributed by atoms with Gasteiger partial charge in [0.05, 0.1) is 0 Å². The molecule has 0 aromatic rings. The van der Waals surface area contributed by atoms with Crippen LogP contribution in [0.15, 0.2) is 0 Å². The number of carbonyl (C=O) groups is 1. The number of hydrogen-bond donors (Lipinski definition) is 1. The second-order valence-electron chi connectivity index (χ2n) is 4.44. The lowest BCUT2D eigenvalue weighted by molar-refractivity contribution is -0.128. The summed E-state index contributed by atoms with van der Waals surface area (Å²) in [6, 6.07) is 0. The lowest BCUT2D eigenvalue weighted by atomic mass is 9.74. The summed E-state index contributed by atoms with van der Waals surface area (Å²) in [5, 5.41) is 0. The molecule has 0 saturated heterocycles. The molecule has 0 heterocycles. The van der Waals surface area contributed by atoms with Gasteiger partial charge < -0.3 is 5.73 Å². The van der Waals surface area contributed by atoms with Crippen molar-refractivity contribution in [2.24, 2.45) is 23.5 Å². The quantitative estimate of drug-likeness (QED) is 0.727. The Balaban J connectivity index is 2.58. The first-order chi connectivity index (χ1) is 6.16. The minimum atomic E-state index is 0.178. The second kappa shape index (κ2) is 4.75. The first kappa shape index (κ1) is 10.7. The van der Waals surface area contributed by atoms with Gasteiger partial charge in [-0.05, 0) is 25.3 Å². The summed E-state index contributed by atoms with van der Waals surface area (Å²) in [5.74, 6) is 1.33. The average molecular weight is 183 g/mol. The van der Waals surface area contributed by atoms with E-state index in [1.165, 1.54) is 12.8 Å². The molecular formula is C11H21NO. The van der Waals surface area contributed by atoms with Crippen LogP contribution < -0.4 is 5.73 Å². The van der Waals surface area contributed by atoms with E-state index in [0.717, 1.165) is 12.8 Å². The standard InChI is InChI=1S/C11H21NO/c1-8(2)11(13)10-6-4-3-5-9(10)7-12/h8-10H,3-7,12H2,1-2H3. The molecule has 2 heteroatoms. The van der Waals surface area contributed by atoms with Gasteiger partial charge in [0, 0.05) is 11.8 Å². The fraction of sp³-hybridized carbons (Fsp3) is 0.909. The minimum absolute atomic E-state index is 0.178. The fourth-order valence-corrected chi connectivity index (χ4v) is 2.29. The average Bonchev–Trinajstić information content (AvgIpc) is 2.16. The summed E-state index contributed by atoms with van der Waals surface area (Å²) < 4.78 is 0. The van der Waals surface area contributed by atoms with Crippen molar-refractivity contribution in [2.75, 3.05) is 6.54 Å². The van der Waals surface area contributed by atoms with Gasteiger partial charge in [0.2, 0.25) is 0 Å². The largest absolute Gasteiger partial charge is 0.330 e.